The van der Waals surface area contributed by atoms with Gasteiger partial charge in [-0.3, -0.25) is 0 Å². The first-order valence-electron chi connectivity index (χ1n) is 9.55. The summed E-state index contributed by atoms with van der Waals surface area (Å²) in [7, 11) is -3.78. The molecule has 0 bridgehead atoms. The van der Waals surface area contributed by atoms with Crippen molar-refractivity contribution in [2.45, 2.75) is 37.0 Å². The zero-order chi connectivity index (χ0) is 21.3. The van der Waals surface area contributed by atoms with E-state index in [1.807, 2.05) is 0 Å². The van der Waals surface area contributed by atoms with Crippen molar-refractivity contribution in [1.29, 1.82) is 0 Å². The summed E-state index contributed by atoms with van der Waals surface area (Å²) < 4.78 is 27.7. The zero-order valence-corrected chi connectivity index (χ0v) is 17.0. The van der Waals surface area contributed by atoms with Gasteiger partial charge in [0.25, 0.3) is 5.09 Å². The molecule has 1 aromatic carbocycles. The molecule has 0 spiro atoms. The number of hydrogen-bond acceptors (Lipinski definition) is 8. The van der Waals surface area contributed by atoms with Crippen molar-refractivity contribution in [3.63, 3.8) is 0 Å². The number of esters is 1. The number of sulfonamides is 1. The Hall–Kier alpha value is -2.24. The number of ether oxygens (including phenoxy) is 1. The maximum absolute atomic E-state index is 12.0. The van der Waals surface area contributed by atoms with Crippen LogP contribution in [0.1, 0.15) is 42.5 Å². The van der Waals surface area contributed by atoms with Crippen LogP contribution in [0.3, 0.4) is 0 Å². The van der Waals surface area contributed by atoms with Crippen LogP contribution in [0.5, 0.6) is 0 Å². The van der Waals surface area contributed by atoms with Crippen LogP contribution in [0.15, 0.2) is 29.2 Å². The molecule has 2 N–H and O–H groups in total. The lowest BCUT2D eigenvalue weighted by molar-refractivity contribution is -0.757. The summed E-state index contributed by atoms with van der Waals surface area (Å²) >= 11 is 0. The van der Waals surface area contributed by atoms with Crippen LogP contribution in [0.25, 0.3) is 0 Å². The molecule has 1 aliphatic rings. The molecule has 2 rings (SSSR count). The Kier molecular flexibility index (Phi) is 8.80. The molecule has 1 aromatic rings. The standard InChI is InChI=1S/C18H27N3O7S/c19-29(25,26)17-6-4-16(5-7-17)18(22)27-13-2-10-20-11-8-15(9-12-20)3-1-14-28-21(23)24/h4-7,15H,1-3,8-14H2,(H2,19,25,26). The number of hydrogen-bond donors (Lipinski definition) is 1. The molecule has 1 heterocycles. The third kappa shape index (κ3) is 8.34. The summed E-state index contributed by atoms with van der Waals surface area (Å²) in [6, 6.07) is 5.31. The van der Waals surface area contributed by atoms with Gasteiger partial charge in [0.1, 0.15) is 0 Å². The number of likely N-dealkylation sites (tertiary alicyclic amines) is 1. The first-order chi connectivity index (χ1) is 13.8. The lowest BCUT2D eigenvalue weighted by atomic mass is 9.92. The highest BCUT2D eigenvalue weighted by atomic mass is 32.2. The largest absolute Gasteiger partial charge is 0.462 e. The molecule has 1 fully saturated rings. The summed E-state index contributed by atoms with van der Waals surface area (Å²) in [5, 5.41) is 14.4. The fourth-order valence-corrected chi connectivity index (χ4v) is 3.84. The molecule has 29 heavy (non-hydrogen) atoms. The molecule has 1 aliphatic heterocycles. The molecule has 11 heteroatoms. The maximum Gasteiger partial charge on any atom is 0.338 e. The maximum atomic E-state index is 12.0. The van der Waals surface area contributed by atoms with E-state index in [-0.39, 0.29) is 23.7 Å². The Morgan fingerprint density at radius 2 is 1.83 bits per heavy atom. The monoisotopic (exact) mass is 429 g/mol. The fourth-order valence-electron chi connectivity index (χ4n) is 3.33. The quantitative estimate of drug-likeness (QED) is 0.242. The van der Waals surface area contributed by atoms with E-state index in [1.165, 1.54) is 24.3 Å². The van der Waals surface area contributed by atoms with Crippen LogP contribution in [0.4, 0.5) is 0 Å². The summed E-state index contributed by atoms with van der Waals surface area (Å²) in [5.74, 6) is 0.0707. The van der Waals surface area contributed by atoms with Crippen molar-refractivity contribution in [2.24, 2.45) is 11.1 Å². The van der Waals surface area contributed by atoms with Crippen molar-refractivity contribution >= 4 is 16.0 Å². The highest BCUT2D eigenvalue weighted by Crippen LogP contribution is 2.22. The summed E-state index contributed by atoms with van der Waals surface area (Å²) in [6.45, 7) is 3.19. The second-order valence-corrected chi connectivity index (χ2v) is 8.60. The highest BCUT2D eigenvalue weighted by molar-refractivity contribution is 7.89. The molecule has 10 nitrogen and oxygen atoms in total. The lowest BCUT2D eigenvalue weighted by Gasteiger charge is -2.31. The second kappa shape index (κ2) is 11.1. The number of primary sulfonamides is 1. The van der Waals surface area contributed by atoms with E-state index in [9.17, 15) is 23.3 Å². The van der Waals surface area contributed by atoms with Gasteiger partial charge < -0.3 is 14.5 Å². The summed E-state index contributed by atoms with van der Waals surface area (Å²) in [4.78, 5) is 28.7. The minimum atomic E-state index is -3.78. The molecule has 162 valence electrons. The molecular formula is C18H27N3O7S. The Bertz CT molecular complexity index is 775. The molecule has 0 unspecified atom stereocenters. The van der Waals surface area contributed by atoms with Crippen LogP contribution in [0, 0.1) is 16.0 Å². The smallest absolute Gasteiger partial charge is 0.338 e. The minimum Gasteiger partial charge on any atom is -0.462 e. The van der Waals surface area contributed by atoms with Gasteiger partial charge in [-0.2, -0.15) is 0 Å². The minimum absolute atomic E-state index is 0.0530. The van der Waals surface area contributed by atoms with Gasteiger partial charge in [0.2, 0.25) is 10.0 Å². The van der Waals surface area contributed by atoms with Gasteiger partial charge in [-0.25, -0.2) is 18.4 Å². The van der Waals surface area contributed by atoms with E-state index in [4.69, 9.17) is 9.88 Å². The molecule has 0 saturated carbocycles. The summed E-state index contributed by atoms with van der Waals surface area (Å²) in [6.07, 6.45) is 4.44. The van der Waals surface area contributed by atoms with Crippen LogP contribution in [0.2, 0.25) is 0 Å². The molecule has 0 amide bonds. The molecule has 0 aliphatic carbocycles. The first kappa shape index (κ1) is 23.0. The van der Waals surface area contributed by atoms with Crippen LogP contribution >= 0.6 is 0 Å². The van der Waals surface area contributed by atoms with Crippen molar-refractivity contribution in [3.05, 3.63) is 39.9 Å². The topological polar surface area (TPSA) is 142 Å². The average Bonchev–Trinajstić information content (AvgIpc) is 2.68. The van der Waals surface area contributed by atoms with Gasteiger partial charge in [0.05, 0.1) is 23.7 Å². The predicted molar refractivity (Wildman–Crippen MR) is 104 cm³/mol. The number of piperidine rings is 1. The molecular weight excluding hydrogens is 402 g/mol. The third-order valence-electron chi connectivity index (χ3n) is 4.93. The van der Waals surface area contributed by atoms with E-state index < -0.39 is 21.1 Å². The Morgan fingerprint density at radius 3 is 2.41 bits per heavy atom. The fraction of sp³-hybridized carbons (Fsp3) is 0.611. The number of nitrogens with two attached hydrogens (primary N) is 1. The summed E-state index contributed by atoms with van der Waals surface area (Å²) in [5.41, 5.74) is 0.277. The molecule has 1 saturated heterocycles. The number of benzene rings is 1. The van der Waals surface area contributed by atoms with E-state index in [2.05, 4.69) is 9.74 Å². The zero-order valence-electron chi connectivity index (χ0n) is 16.2. The number of nitrogens with zero attached hydrogens (tertiary/aromatic N) is 2. The van der Waals surface area contributed by atoms with Crippen LogP contribution < -0.4 is 5.14 Å². The van der Waals surface area contributed by atoms with Crippen LogP contribution in [-0.4, -0.2) is 57.2 Å². The molecule has 0 radical (unpaired) electrons. The van der Waals surface area contributed by atoms with E-state index in [1.54, 1.807) is 0 Å². The van der Waals surface area contributed by atoms with Crippen molar-refractivity contribution in [1.82, 2.24) is 4.90 Å². The Labute approximate surface area is 170 Å². The average molecular weight is 429 g/mol. The van der Waals surface area contributed by atoms with Crippen molar-refractivity contribution in [3.8, 4) is 0 Å². The number of carbonyl (C=O) groups is 1. The number of carbonyl (C=O) groups excluding carboxylic acids is 1. The first-order valence-corrected chi connectivity index (χ1v) is 11.1. The van der Waals surface area contributed by atoms with Gasteiger partial charge >= 0.3 is 5.97 Å². The van der Waals surface area contributed by atoms with Crippen molar-refractivity contribution < 1.29 is 27.9 Å². The molecule has 0 aromatic heterocycles. The normalized spacial score (nSPS) is 15.8. The Morgan fingerprint density at radius 1 is 1.17 bits per heavy atom. The van der Waals surface area contributed by atoms with E-state index in [0.29, 0.717) is 18.8 Å². The van der Waals surface area contributed by atoms with Crippen molar-refractivity contribution in [2.75, 3.05) is 32.8 Å². The SMILES string of the molecule is NS(=O)(=O)c1ccc(C(=O)OCCCN2CCC(CCCO[N+](=O)[O-])CC2)cc1. The van der Waals surface area contributed by atoms with Gasteiger partial charge in [-0.15, -0.1) is 10.1 Å². The highest BCUT2D eigenvalue weighted by Gasteiger charge is 2.19. The van der Waals surface area contributed by atoms with E-state index >= 15 is 0 Å². The van der Waals surface area contributed by atoms with Gasteiger partial charge in [0.15, 0.2) is 0 Å². The second-order valence-electron chi connectivity index (χ2n) is 7.04. The number of rotatable bonds is 11. The van der Waals surface area contributed by atoms with Gasteiger partial charge in [-0.05, 0) is 75.4 Å². The Balaban J connectivity index is 1.59. The third-order valence-corrected chi connectivity index (χ3v) is 5.86. The van der Waals surface area contributed by atoms with Gasteiger partial charge in [0, 0.05) is 6.54 Å². The van der Waals surface area contributed by atoms with Crippen LogP contribution in [-0.2, 0) is 19.6 Å². The van der Waals surface area contributed by atoms with E-state index in [0.717, 1.165) is 38.9 Å². The lowest BCUT2D eigenvalue weighted by Crippen LogP contribution is -2.35. The predicted octanol–water partition coefficient (Wildman–Crippen LogP) is 1.58. The molecule has 0 atom stereocenters. The van der Waals surface area contributed by atoms with Gasteiger partial charge in [-0.1, -0.05) is 0 Å².